The Balaban J connectivity index is 2.31. The zero-order valence-electron chi connectivity index (χ0n) is 5.62. The fraction of sp³-hybridized carbons (Fsp3) is 0.833. The van der Waals surface area contributed by atoms with E-state index >= 15 is 0 Å². The molecule has 0 aliphatic carbocycles. The van der Waals surface area contributed by atoms with Crippen molar-refractivity contribution < 1.29 is 13.9 Å². The second kappa shape index (κ2) is 3.51. The Morgan fingerprint density at radius 1 is 1.80 bits per heavy atom. The van der Waals surface area contributed by atoms with Crippen LogP contribution in [-0.2, 0) is 9.53 Å². The van der Waals surface area contributed by atoms with Gasteiger partial charge >= 0.3 is 0 Å². The lowest BCUT2D eigenvalue weighted by molar-refractivity contribution is -0.125. The van der Waals surface area contributed by atoms with E-state index in [1.165, 1.54) is 4.90 Å². The normalized spacial score (nSPS) is 26.5. The van der Waals surface area contributed by atoms with Gasteiger partial charge in [-0.2, -0.15) is 0 Å². The molecular weight excluding hydrogens is 137 g/mol. The molecule has 1 heterocycles. The summed E-state index contributed by atoms with van der Waals surface area (Å²) in [6, 6.07) is 0. The van der Waals surface area contributed by atoms with Crippen molar-refractivity contribution in [2.75, 3.05) is 26.4 Å². The predicted molar refractivity (Wildman–Crippen MR) is 33.4 cm³/mol. The number of halogens is 1. The quantitative estimate of drug-likeness (QED) is 0.507. The summed E-state index contributed by atoms with van der Waals surface area (Å²) < 4.78 is 16.9. The second-order valence-electron chi connectivity index (χ2n) is 2.25. The molecule has 0 radical (unpaired) electrons. The molecule has 0 aromatic heterocycles. The van der Waals surface area contributed by atoms with E-state index in [2.05, 4.69) is 0 Å². The molecule has 0 N–H and O–H groups in total. The molecule has 1 aliphatic rings. The Labute approximate surface area is 58.8 Å². The van der Waals surface area contributed by atoms with Crippen LogP contribution in [0.5, 0.6) is 0 Å². The molecule has 4 heteroatoms. The van der Waals surface area contributed by atoms with Crippen molar-refractivity contribution in [1.29, 1.82) is 0 Å². The zero-order valence-corrected chi connectivity index (χ0v) is 5.62. The number of ether oxygens (including phenoxy) is 1. The van der Waals surface area contributed by atoms with Crippen molar-refractivity contribution in [1.82, 2.24) is 4.90 Å². The average molecular weight is 147 g/mol. The maximum Gasteiger partial charge on any atom is 0.209 e. The SMILES string of the molecule is O=CN1CCOC(CF)C1. The monoisotopic (exact) mass is 147 g/mol. The number of hydrogen-bond donors (Lipinski definition) is 0. The zero-order chi connectivity index (χ0) is 7.40. The molecule has 1 saturated heterocycles. The van der Waals surface area contributed by atoms with Crippen LogP contribution in [0, 0.1) is 0 Å². The van der Waals surface area contributed by atoms with Crippen LogP contribution in [0.25, 0.3) is 0 Å². The molecule has 3 nitrogen and oxygen atoms in total. The molecule has 0 bridgehead atoms. The fourth-order valence-electron chi connectivity index (χ4n) is 0.931. The summed E-state index contributed by atoms with van der Waals surface area (Å²) in [4.78, 5) is 11.7. The molecular formula is C6H10FNO2. The molecule has 1 aliphatic heterocycles. The Hall–Kier alpha value is -0.640. The van der Waals surface area contributed by atoms with E-state index in [-0.39, 0.29) is 0 Å². The van der Waals surface area contributed by atoms with Crippen molar-refractivity contribution in [2.45, 2.75) is 6.10 Å². The summed E-state index contributed by atoms with van der Waals surface area (Å²) in [5.74, 6) is 0. The van der Waals surface area contributed by atoms with Gasteiger partial charge in [-0.1, -0.05) is 0 Å². The van der Waals surface area contributed by atoms with E-state index < -0.39 is 12.8 Å². The highest BCUT2D eigenvalue weighted by Gasteiger charge is 2.18. The lowest BCUT2D eigenvalue weighted by Crippen LogP contribution is -2.42. The van der Waals surface area contributed by atoms with Crippen LogP contribution < -0.4 is 0 Å². The van der Waals surface area contributed by atoms with Gasteiger partial charge in [0, 0.05) is 13.1 Å². The molecule has 0 saturated carbocycles. The minimum Gasteiger partial charge on any atom is -0.372 e. The number of nitrogens with zero attached hydrogens (tertiary/aromatic N) is 1. The highest BCUT2D eigenvalue weighted by Crippen LogP contribution is 2.02. The highest BCUT2D eigenvalue weighted by atomic mass is 19.1. The number of morpholine rings is 1. The summed E-state index contributed by atoms with van der Waals surface area (Å²) in [5, 5.41) is 0. The van der Waals surface area contributed by atoms with Gasteiger partial charge < -0.3 is 9.64 Å². The van der Waals surface area contributed by atoms with Gasteiger partial charge in [0.25, 0.3) is 0 Å². The minimum atomic E-state index is -0.510. The number of hydrogen-bond acceptors (Lipinski definition) is 2. The summed E-state index contributed by atoms with van der Waals surface area (Å²) in [7, 11) is 0. The van der Waals surface area contributed by atoms with Crippen molar-refractivity contribution in [2.24, 2.45) is 0 Å². The number of alkyl halides is 1. The molecule has 1 amide bonds. The third kappa shape index (κ3) is 1.67. The first-order valence-corrected chi connectivity index (χ1v) is 3.23. The van der Waals surface area contributed by atoms with Crippen LogP contribution in [-0.4, -0.2) is 43.8 Å². The van der Waals surface area contributed by atoms with Crippen LogP contribution in [0.4, 0.5) is 4.39 Å². The van der Waals surface area contributed by atoms with Crippen LogP contribution in [0.15, 0.2) is 0 Å². The lowest BCUT2D eigenvalue weighted by atomic mass is 10.3. The maximum absolute atomic E-state index is 11.9. The molecule has 0 spiro atoms. The topological polar surface area (TPSA) is 29.5 Å². The van der Waals surface area contributed by atoms with Gasteiger partial charge in [-0.15, -0.1) is 0 Å². The first kappa shape index (κ1) is 7.47. The third-order valence-corrected chi connectivity index (χ3v) is 1.49. The summed E-state index contributed by atoms with van der Waals surface area (Å²) in [5.41, 5.74) is 0. The Morgan fingerprint density at radius 2 is 2.60 bits per heavy atom. The molecule has 1 atom stereocenters. The van der Waals surface area contributed by atoms with Crippen molar-refractivity contribution in [3.63, 3.8) is 0 Å². The maximum atomic E-state index is 11.9. The summed E-state index contributed by atoms with van der Waals surface area (Å²) in [6.45, 7) is 0.914. The first-order chi connectivity index (χ1) is 4.86. The van der Waals surface area contributed by atoms with Crippen molar-refractivity contribution in [3.8, 4) is 0 Å². The molecule has 1 unspecified atom stereocenters. The second-order valence-corrected chi connectivity index (χ2v) is 2.25. The lowest BCUT2D eigenvalue weighted by Gasteiger charge is -2.28. The van der Waals surface area contributed by atoms with Crippen molar-refractivity contribution in [3.05, 3.63) is 0 Å². The van der Waals surface area contributed by atoms with Crippen LogP contribution in [0.1, 0.15) is 0 Å². The Bertz CT molecular complexity index is 120. The Morgan fingerprint density at radius 3 is 3.20 bits per heavy atom. The summed E-state index contributed by atoms with van der Waals surface area (Å²) >= 11 is 0. The molecule has 1 rings (SSSR count). The molecule has 0 aromatic carbocycles. The van der Waals surface area contributed by atoms with Gasteiger partial charge in [0.2, 0.25) is 6.41 Å². The van der Waals surface area contributed by atoms with Gasteiger partial charge in [0.1, 0.15) is 12.8 Å². The van der Waals surface area contributed by atoms with Crippen molar-refractivity contribution >= 4 is 6.41 Å². The number of amides is 1. The van der Waals surface area contributed by atoms with Gasteiger partial charge in [0.15, 0.2) is 0 Å². The van der Waals surface area contributed by atoms with Gasteiger partial charge in [-0.3, -0.25) is 4.79 Å². The average Bonchev–Trinajstić information content (AvgIpc) is 2.05. The van der Waals surface area contributed by atoms with Gasteiger partial charge in [-0.25, -0.2) is 4.39 Å². The first-order valence-electron chi connectivity index (χ1n) is 3.23. The van der Waals surface area contributed by atoms with Crippen LogP contribution in [0.3, 0.4) is 0 Å². The highest BCUT2D eigenvalue weighted by molar-refractivity contribution is 5.47. The number of carbonyl (C=O) groups excluding carboxylic acids is 1. The van der Waals surface area contributed by atoms with E-state index in [1.54, 1.807) is 0 Å². The summed E-state index contributed by atoms with van der Waals surface area (Å²) in [6.07, 6.45) is 0.324. The smallest absolute Gasteiger partial charge is 0.209 e. The molecule has 58 valence electrons. The standard InChI is InChI=1S/C6H10FNO2/c7-3-6-4-8(5-9)1-2-10-6/h5-6H,1-4H2. The van der Waals surface area contributed by atoms with E-state index in [0.29, 0.717) is 19.7 Å². The minimum absolute atomic E-state index is 0.389. The Kier molecular flexibility index (Phi) is 2.62. The molecule has 10 heavy (non-hydrogen) atoms. The largest absolute Gasteiger partial charge is 0.372 e. The number of rotatable bonds is 2. The van der Waals surface area contributed by atoms with E-state index in [9.17, 15) is 9.18 Å². The van der Waals surface area contributed by atoms with E-state index in [1.807, 2.05) is 0 Å². The fourth-order valence-corrected chi connectivity index (χ4v) is 0.931. The van der Waals surface area contributed by atoms with E-state index in [4.69, 9.17) is 4.74 Å². The van der Waals surface area contributed by atoms with Gasteiger partial charge in [-0.05, 0) is 0 Å². The predicted octanol–water partition coefficient (Wildman–Crippen LogP) is -0.187. The third-order valence-electron chi connectivity index (χ3n) is 1.49. The van der Waals surface area contributed by atoms with Crippen LogP contribution in [0.2, 0.25) is 0 Å². The molecule has 0 aromatic rings. The number of carbonyl (C=O) groups is 1. The van der Waals surface area contributed by atoms with Crippen LogP contribution >= 0.6 is 0 Å². The van der Waals surface area contributed by atoms with Gasteiger partial charge in [0.05, 0.1) is 6.61 Å². The molecule has 1 fully saturated rings. The van der Waals surface area contributed by atoms with E-state index in [0.717, 1.165) is 6.41 Å².